The molecule has 1 aliphatic heterocycles. The standard InChI is InChI=1S/C6H14N2/c1-8(2)6-3-4-7-5-6/h6-7H,3-5H2,1-2H3/t6-/m0/s1/i1D3,2D3. The summed E-state index contributed by atoms with van der Waals surface area (Å²) in [4.78, 5) is 0.653. The van der Waals surface area contributed by atoms with E-state index in [1.165, 1.54) is 0 Å². The summed E-state index contributed by atoms with van der Waals surface area (Å²) in [6.07, 6.45) is 0.566. The van der Waals surface area contributed by atoms with E-state index < -0.39 is 20.0 Å². The van der Waals surface area contributed by atoms with Gasteiger partial charge in [0.2, 0.25) is 0 Å². The van der Waals surface area contributed by atoms with Crippen LogP contribution < -0.4 is 5.32 Å². The molecule has 2 heteroatoms. The zero-order chi connectivity index (χ0) is 11.0. The van der Waals surface area contributed by atoms with Crippen molar-refractivity contribution in [3.63, 3.8) is 0 Å². The van der Waals surface area contributed by atoms with E-state index in [-0.39, 0.29) is 0 Å². The lowest BCUT2D eigenvalue weighted by atomic mass is 10.2. The number of rotatable bonds is 1. The number of hydrogen-bond acceptors (Lipinski definition) is 2. The SMILES string of the molecule is [2H]C([2H])([2H])N([C@H]1CCNC1)C([2H])([2H])[2H]. The molecular formula is C6H14N2. The monoisotopic (exact) mass is 120 g/mol. The lowest BCUT2D eigenvalue weighted by Gasteiger charge is -2.16. The smallest absolute Gasteiger partial charge is 0.0394 e. The highest BCUT2D eigenvalue weighted by molar-refractivity contribution is 4.76. The predicted molar refractivity (Wildman–Crippen MR) is 35.0 cm³/mol. The maximum Gasteiger partial charge on any atom is 0.0394 e. The Balaban J connectivity index is 2.82. The van der Waals surface area contributed by atoms with E-state index in [9.17, 15) is 0 Å². The Labute approximate surface area is 59.3 Å². The van der Waals surface area contributed by atoms with Crippen LogP contribution in [0.1, 0.15) is 14.6 Å². The van der Waals surface area contributed by atoms with Crippen molar-refractivity contribution in [2.24, 2.45) is 0 Å². The Morgan fingerprint density at radius 3 is 3.12 bits per heavy atom. The average molecular weight is 120 g/mol. The molecule has 0 aliphatic carbocycles. The van der Waals surface area contributed by atoms with Crippen molar-refractivity contribution < 1.29 is 8.22 Å². The predicted octanol–water partition coefficient (Wildman–Crippen LogP) is -0.0901. The molecule has 1 fully saturated rings. The minimum Gasteiger partial charge on any atom is -0.315 e. The molecule has 48 valence electrons. The van der Waals surface area contributed by atoms with Crippen LogP contribution in [0.3, 0.4) is 0 Å². The summed E-state index contributed by atoms with van der Waals surface area (Å²) in [5.74, 6) is 0. The Morgan fingerprint density at radius 1 is 1.75 bits per heavy atom. The highest BCUT2D eigenvalue weighted by Crippen LogP contribution is 2.01. The highest BCUT2D eigenvalue weighted by Gasteiger charge is 2.14. The largest absolute Gasteiger partial charge is 0.315 e. The van der Waals surface area contributed by atoms with Crippen molar-refractivity contribution in [3.05, 3.63) is 0 Å². The molecule has 0 aromatic heterocycles. The van der Waals surface area contributed by atoms with Gasteiger partial charge in [0, 0.05) is 20.8 Å². The Bertz CT molecular complexity index is 177. The van der Waals surface area contributed by atoms with Gasteiger partial charge in [-0.1, -0.05) is 0 Å². The Morgan fingerprint density at radius 2 is 2.62 bits per heavy atom. The lowest BCUT2D eigenvalue weighted by Crippen LogP contribution is -2.29. The van der Waals surface area contributed by atoms with Crippen LogP contribution in [0.15, 0.2) is 0 Å². The van der Waals surface area contributed by atoms with Gasteiger partial charge in [-0.15, -0.1) is 0 Å². The van der Waals surface area contributed by atoms with Crippen molar-refractivity contribution in [1.82, 2.24) is 10.2 Å². The molecule has 1 rings (SSSR count). The second-order valence-electron chi connectivity index (χ2n) is 2.02. The third-order valence-electron chi connectivity index (χ3n) is 1.40. The van der Waals surface area contributed by atoms with Gasteiger partial charge >= 0.3 is 0 Å². The van der Waals surface area contributed by atoms with Gasteiger partial charge in [-0.3, -0.25) is 0 Å². The van der Waals surface area contributed by atoms with E-state index in [0.717, 1.165) is 0 Å². The molecule has 0 spiro atoms. The molecule has 0 aromatic carbocycles. The molecule has 1 saturated heterocycles. The summed E-state index contributed by atoms with van der Waals surface area (Å²) in [5.41, 5.74) is 0. The van der Waals surface area contributed by atoms with Gasteiger partial charge in [0.25, 0.3) is 0 Å². The molecule has 0 saturated carbocycles. The maximum absolute atomic E-state index is 7.18. The van der Waals surface area contributed by atoms with Crippen molar-refractivity contribution in [3.8, 4) is 0 Å². The lowest BCUT2D eigenvalue weighted by molar-refractivity contribution is 0.313. The molecule has 1 atom stereocenters. The summed E-state index contributed by atoms with van der Waals surface area (Å²) in [6, 6.07) is -0.421. The minimum atomic E-state index is -2.55. The number of nitrogens with zero attached hydrogens (tertiary/aromatic N) is 1. The summed E-state index contributed by atoms with van der Waals surface area (Å²) in [7, 11) is 0. The molecule has 0 aromatic rings. The molecule has 0 amide bonds. The zero-order valence-electron chi connectivity index (χ0n) is 10.6. The van der Waals surface area contributed by atoms with Crippen LogP contribution in [0.4, 0.5) is 0 Å². The third-order valence-corrected chi connectivity index (χ3v) is 1.40. The van der Waals surface area contributed by atoms with Gasteiger partial charge < -0.3 is 10.2 Å². The molecule has 2 nitrogen and oxygen atoms in total. The van der Waals surface area contributed by atoms with Gasteiger partial charge in [0.15, 0.2) is 0 Å². The van der Waals surface area contributed by atoms with Crippen LogP contribution in [0.25, 0.3) is 0 Å². The van der Waals surface area contributed by atoms with E-state index in [1.54, 1.807) is 0 Å². The fourth-order valence-electron chi connectivity index (χ4n) is 0.860. The summed E-state index contributed by atoms with van der Waals surface area (Å²) < 4.78 is 43.1. The van der Waals surface area contributed by atoms with Gasteiger partial charge in [0.1, 0.15) is 0 Å². The molecule has 0 unspecified atom stereocenters. The van der Waals surface area contributed by atoms with Crippen LogP contribution in [-0.2, 0) is 0 Å². The molecule has 1 aliphatic rings. The fraction of sp³-hybridized carbons (Fsp3) is 1.00. The third kappa shape index (κ3) is 1.20. The first-order chi connectivity index (χ1) is 6.23. The first kappa shape index (κ1) is 1.96. The van der Waals surface area contributed by atoms with E-state index in [1.807, 2.05) is 0 Å². The summed E-state index contributed by atoms with van der Waals surface area (Å²) in [5, 5.41) is 2.96. The van der Waals surface area contributed by atoms with E-state index >= 15 is 0 Å². The molecule has 1 heterocycles. The molecule has 0 bridgehead atoms. The average Bonchev–Trinajstić information content (AvgIpc) is 2.31. The van der Waals surface area contributed by atoms with E-state index in [4.69, 9.17) is 8.22 Å². The zero-order valence-corrected chi connectivity index (χ0v) is 4.65. The fourth-order valence-corrected chi connectivity index (χ4v) is 0.860. The summed E-state index contributed by atoms with van der Waals surface area (Å²) >= 11 is 0. The second kappa shape index (κ2) is 2.46. The van der Waals surface area contributed by atoms with Crippen LogP contribution in [-0.4, -0.2) is 38.0 Å². The topological polar surface area (TPSA) is 15.3 Å². The van der Waals surface area contributed by atoms with Crippen molar-refractivity contribution in [2.75, 3.05) is 27.0 Å². The number of likely N-dealkylation sites (N-methyl/N-ethyl adjacent to an activating group) is 1. The van der Waals surface area contributed by atoms with E-state index in [0.29, 0.717) is 24.4 Å². The van der Waals surface area contributed by atoms with E-state index in [2.05, 4.69) is 5.32 Å². The quantitative estimate of drug-likeness (QED) is 0.520. The normalized spacial score (nSPS) is 43.9. The van der Waals surface area contributed by atoms with Crippen LogP contribution in [0.5, 0.6) is 0 Å². The van der Waals surface area contributed by atoms with Crippen LogP contribution >= 0.6 is 0 Å². The van der Waals surface area contributed by atoms with Gasteiger partial charge in [-0.05, 0) is 26.9 Å². The summed E-state index contributed by atoms with van der Waals surface area (Å²) in [6.45, 7) is -4.01. The Hall–Kier alpha value is -0.0800. The number of nitrogens with one attached hydrogen (secondary N) is 1. The van der Waals surface area contributed by atoms with Crippen molar-refractivity contribution in [2.45, 2.75) is 12.5 Å². The highest BCUT2D eigenvalue weighted by atomic mass is 15.1. The molecule has 1 N–H and O–H groups in total. The Kier molecular flexibility index (Phi) is 0.603. The molecular weight excluding hydrogens is 100 g/mol. The van der Waals surface area contributed by atoms with Gasteiger partial charge in [-0.25, -0.2) is 0 Å². The van der Waals surface area contributed by atoms with Gasteiger partial charge in [-0.2, -0.15) is 0 Å². The molecule has 8 heavy (non-hydrogen) atoms. The minimum absolute atomic E-state index is 0.421. The van der Waals surface area contributed by atoms with Crippen LogP contribution in [0, 0.1) is 0 Å². The second-order valence-corrected chi connectivity index (χ2v) is 2.02. The maximum atomic E-state index is 7.18. The number of hydrogen-bond donors (Lipinski definition) is 1. The first-order valence-electron chi connectivity index (χ1n) is 5.73. The van der Waals surface area contributed by atoms with Crippen LogP contribution in [0.2, 0.25) is 0 Å². The van der Waals surface area contributed by atoms with Gasteiger partial charge in [0.05, 0.1) is 0 Å². The van der Waals surface area contributed by atoms with Crippen molar-refractivity contribution >= 4 is 0 Å². The van der Waals surface area contributed by atoms with Crippen molar-refractivity contribution in [1.29, 1.82) is 0 Å². The first-order valence-corrected chi connectivity index (χ1v) is 2.73. The molecule has 0 radical (unpaired) electrons.